The first-order valence-corrected chi connectivity index (χ1v) is 22.5. The van der Waals surface area contributed by atoms with Crippen LogP contribution in [0.4, 0.5) is 0 Å². The third kappa shape index (κ3) is 28.7. The largest absolute Gasteiger partial charge is 2.00 e. The van der Waals surface area contributed by atoms with Gasteiger partial charge in [0.2, 0.25) is 0 Å². The molecule has 0 spiro atoms. The summed E-state index contributed by atoms with van der Waals surface area (Å²) in [7, 11) is -1.72. The van der Waals surface area contributed by atoms with Gasteiger partial charge in [-0.1, -0.05) is 58.8 Å². The summed E-state index contributed by atoms with van der Waals surface area (Å²) in [4.78, 5) is 26.5. The minimum atomic E-state index is -0.861. The molecule has 2 rings (SSSR count). The van der Waals surface area contributed by atoms with Crippen molar-refractivity contribution in [2.75, 3.05) is 26.2 Å². The molecule has 2 heterocycles. The Morgan fingerprint density at radius 1 is 0.523 bits per heavy atom. The Hall–Kier alpha value is -2.08. The van der Waals surface area contributed by atoms with E-state index in [-0.39, 0.29) is 24.2 Å². The maximum absolute atomic E-state index is 4.55. The van der Waals surface area contributed by atoms with Crippen LogP contribution in [0.1, 0.15) is 85.6 Å². The Labute approximate surface area is 285 Å². The molecule has 44 heavy (non-hydrogen) atoms. The molecule has 9 heteroatoms. The van der Waals surface area contributed by atoms with Gasteiger partial charge in [-0.3, -0.25) is 20.0 Å². The molecule has 1 radical (unpaired) electrons. The minimum absolute atomic E-state index is 0. The Morgan fingerprint density at radius 2 is 0.682 bits per heavy atom. The van der Waals surface area contributed by atoms with Crippen molar-refractivity contribution in [3.8, 4) is 0 Å². The first-order chi connectivity index (χ1) is 19.4. The molecule has 0 amide bonds. The predicted octanol–water partition coefficient (Wildman–Crippen LogP) is 9.51. The van der Waals surface area contributed by atoms with Crippen molar-refractivity contribution in [2.24, 2.45) is 20.0 Å². The Morgan fingerprint density at radius 3 is 0.818 bits per heavy atom. The van der Waals surface area contributed by atoms with Gasteiger partial charge in [-0.2, -0.15) is 0 Å². The number of rotatable bonds is 8. The molecule has 0 saturated heterocycles. The van der Waals surface area contributed by atoms with Crippen LogP contribution in [-0.2, 0) is 16.8 Å². The van der Waals surface area contributed by atoms with Gasteiger partial charge in [0.15, 0.2) is 0 Å². The summed E-state index contributed by atoms with van der Waals surface area (Å²) >= 11 is 0. The second-order valence-corrected chi connectivity index (χ2v) is 22.4. The van der Waals surface area contributed by atoms with E-state index in [1.807, 2.05) is 91.8 Å². The molecule has 0 fully saturated rings. The van der Waals surface area contributed by atoms with E-state index >= 15 is 0 Å². The molecule has 6 nitrogen and oxygen atoms in total. The zero-order valence-electron chi connectivity index (χ0n) is 29.7. The Bertz CT molecular complexity index is 986. The van der Waals surface area contributed by atoms with E-state index in [4.69, 9.17) is 0 Å². The molecule has 2 aromatic heterocycles. The van der Waals surface area contributed by atoms with Crippen molar-refractivity contribution < 1.29 is 16.8 Å². The first-order valence-electron chi connectivity index (χ1n) is 15.1. The van der Waals surface area contributed by atoms with Gasteiger partial charge in [-0.05, 0) is 79.7 Å². The van der Waals surface area contributed by atoms with Crippen LogP contribution in [0.2, 0.25) is 39.3 Å². The molecule has 0 N–H and O–H groups in total. The summed E-state index contributed by atoms with van der Waals surface area (Å²) in [6.07, 6.45) is 0. The standard InChI is InChI=1S/2C13H19N3.2C4H11Si.CH4.Co/c2*1-5-14-10(3)12-8-7-9-13(16-12)11(4)15-6-2;2*1-5(2,3)4;;/h2*7-9H,5-6H2,1-4H3;2*1H2,2-4H3;1H4;/q;;2*-1;;+2. The van der Waals surface area contributed by atoms with Crippen molar-refractivity contribution in [2.45, 2.75) is 102 Å². The fourth-order valence-electron chi connectivity index (χ4n) is 2.95. The first kappa shape index (κ1) is 48.8. The van der Waals surface area contributed by atoms with E-state index in [0.717, 1.165) is 71.8 Å². The second kappa shape index (κ2) is 26.2. The maximum Gasteiger partial charge on any atom is 2.00 e. The van der Waals surface area contributed by atoms with E-state index < -0.39 is 16.1 Å². The average Bonchev–Trinajstić information content (AvgIpc) is 2.88. The molecular weight excluding hydrogens is 620 g/mol. The maximum atomic E-state index is 4.55. The van der Waals surface area contributed by atoms with Crippen LogP contribution < -0.4 is 0 Å². The fraction of sp³-hybridized carbons (Fsp3) is 0.543. The van der Waals surface area contributed by atoms with Gasteiger partial charge in [-0.15, -0.1) is 16.1 Å². The number of aromatic nitrogens is 2. The smallest absolute Gasteiger partial charge is 0.342 e. The van der Waals surface area contributed by atoms with Gasteiger partial charge in [-0.25, -0.2) is 9.97 Å². The van der Waals surface area contributed by atoms with Crippen LogP contribution in [0.15, 0.2) is 56.4 Å². The third-order valence-corrected chi connectivity index (χ3v) is 4.56. The molecule has 0 aliphatic heterocycles. The van der Waals surface area contributed by atoms with Crippen LogP contribution in [0.5, 0.6) is 0 Å². The van der Waals surface area contributed by atoms with Crippen LogP contribution >= 0.6 is 0 Å². The number of hydrogen-bond donors (Lipinski definition) is 0. The minimum Gasteiger partial charge on any atom is -0.342 e. The van der Waals surface area contributed by atoms with Gasteiger partial charge < -0.3 is 13.1 Å². The topological polar surface area (TPSA) is 75.2 Å². The summed E-state index contributed by atoms with van der Waals surface area (Å²) in [5.74, 6) is 0. The van der Waals surface area contributed by atoms with Crippen LogP contribution in [-0.4, -0.2) is 75.1 Å². The van der Waals surface area contributed by atoms with E-state index in [1.54, 1.807) is 0 Å². The van der Waals surface area contributed by atoms with Crippen molar-refractivity contribution in [3.63, 3.8) is 0 Å². The Balaban J connectivity index is -0.000000270. The van der Waals surface area contributed by atoms with E-state index in [2.05, 4.69) is 82.3 Å². The average molecular weight is 684 g/mol. The molecular formula is C35H64CoN6Si2. The normalized spacial score (nSPS) is 12.2. The summed E-state index contributed by atoms with van der Waals surface area (Å²) in [6, 6.07) is 11.9. The summed E-state index contributed by atoms with van der Waals surface area (Å²) in [5, 5.41) is 0. The Kier molecular flexibility index (Phi) is 29.0. The number of aliphatic imine (C=N–C) groups is 4. The van der Waals surface area contributed by atoms with Crippen LogP contribution in [0, 0.1) is 13.1 Å². The molecule has 0 aliphatic rings. The third-order valence-electron chi connectivity index (χ3n) is 4.56. The van der Waals surface area contributed by atoms with E-state index in [1.165, 1.54) is 0 Å². The van der Waals surface area contributed by atoms with Crippen molar-refractivity contribution in [1.29, 1.82) is 0 Å². The molecule has 0 aromatic carbocycles. The zero-order chi connectivity index (χ0) is 32.9. The molecule has 0 unspecified atom stereocenters. The molecule has 0 atom stereocenters. The quantitative estimate of drug-likeness (QED) is 0.158. The number of hydrogen-bond acceptors (Lipinski definition) is 6. The predicted molar refractivity (Wildman–Crippen MR) is 204 cm³/mol. The summed E-state index contributed by atoms with van der Waals surface area (Å²) < 4.78 is 0. The van der Waals surface area contributed by atoms with E-state index in [0.29, 0.717) is 0 Å². The SMILES string of the molecule is C.CCN=C(C)c1cccc(C(C)=NCC)n1.CCN=C(C)c1cccc(C(C)=NCC)n1.[CH2-][Si](C)(C)C.[CH2-][Si](C)(C)C.[Co+2]. The molecule has 251 valence electrons. The van der Waals surface area contributed by atoms with Crippen molar-refractivity contribution in [3.05, 3.63) is 72.3 Å². The van der Waals surface area contributed by atoms with Gasteiger partial charge in [0.25, 0.3) is 0 Å². The van der Waals surface area contributed by atoms with Crippen LogP contribution in [0.3, 0.4) is 0 Å². The van der Waals surface area contributed by atoms with Gasteiger partial charge in [0.05, 0.1) is 45.6 Å². The fourth-order valence-corrected chi connectivity index (χ4v) is 2.95. The van der Waals surface area contributed by atoms with Crippen molar-refractivity contribution >= 4 is 39.0 Å². The van der Waals surface area contributed by atoms with Crippen LogP contribution in [0.25, 0.3) is 0 Å². The second-order valence-electron chi connectivity index (χ2n) is 12.2. The van der Waals surface area contributed by atoms with Crippen molar-refractivity contribution in [1.82, 2.24) is 9.97 Å². The van der Waals surface area contributed by atoms with Gasteiger partial charge >= 0.3 is 16.8 Å². The zero-order valence-corrected chi connectivity index (χ0v) is 32.8. The molecule has 0 bridgehead atoms. The van der Waals surface area contributed by atoms with E-state index in [9.17, 15) is 0 Å². The molecule has 0 saturated carbocycles. The monoisotopic (exact) mass is 683 g/mol. The molecule has 2 aromatic rings. The van der Waals surface area contributed by atoms with Gasteiger partial charge in [0, 0.05) is 26.2 Å². The van der Waals surface area contributed by atoms with Gasteiger partial charge in [0.1, 0.15) is 0 Å². The molecule has 0 aliphatic carbocycles. The summed E-state index contributed by atoms with van der Waals surface area (Å²) in [5.41, 5.74) is 7.66. The number of nitrogens with zero attached hydrogens (tertiary/aromatic N) is 6. The number of pyridine rings is 2. The summed E-state index contributed by atoms with van der Waals surface area (Å²) in [6.45, 7) is 40.3.